The van der Waals surface area contributed by atoms with E-state index in [2.05, 4.69) is 15.0 Å². The highest BCUT2D eigenvalue weighted by molar-refractivity contribution is 6.13. The Kier molecular flexibility index (Phi) is 4.81. The van der Waals surface area contributed by atoms with Crippen LogP contribution in [0.15, 0.2) is 72.1 Å². The molecule has 0 saturated carbocycles. The van der Waals surface area contributed by atoms with E-state index in [0.717, 1.165) is 28.3 Å². The molecule has 3 aromatic rings. The van der Waals surface area contributed by atoms with Gasteiger partial charge in [0.25, 0.3) is 0 Å². The molecule has 0 unspecified atom stereocenters. The first kappa shape index (κ1) is 15.7. The van der Waals surface area contributed by atoms with Crippen LogP contribution in [-0.2, 0) is 0 Å². The minimum atomic E-state index is 0.555. The van der Waals surface area contributed by atoms with Crippen molar-refractivity contribution < 1.29 is 9.47 Å². The molecule has 0 atom stereocenters. The van der Waals surface area contributed by atoms with E-state index in [0.29, 0.717) is 5.82 Å². The van der Waals surface area contributed by atoms with Crippen molar-refractivity contribution >= 4 is 11.5 Å². The fraction of sp³-hybridized carbons (Fsp3) is 0.105. The number of rotatable bonds is 5. The number of hydrogen-bond donors (Lipinski definition) is 0. The molecule has 0 aliphatic rings. The highest BCUT2D eigenvalue weighted by Crippen LogP contribution is 2.20. The van der Waals surface area contributed by atoms with Crippen molar-refractivity contribution in [3.05, 3.63) is 78.2 Å². The second kappa shape index (κ2) is 7.37. The maximum Gasteiger partial charge on any atom is 0.171 e. The topological polar surface area (TPSA) is 56.6 Å². The molecule has 2 aromatic carbocycles. The van der Waals surface area contributed by atoms with E-state index in [9.17, 15) is 0 Å². The van der Waals surface area contributed by atoms with Gasteiger partial charge in [0.2, 0.25) is 0 Å². The average Bonchev–Trinajstić information content (AvgIpc) is 2.67. The lowest BCUT2D eigenvalue weighted by molar-refractivity contribution is 0.414. The van der Waals surface area contributed by atoms with Gasteiger partial charge in [0.1, 0.15) is 11.5 Å². The molecule has 5 heteroatoms. The number of aliphatic imine (C=N–C) groups is 1. The smallest absolute Gasteiger partial charge is 0.171 e. The van der Waals surface area contributed by atoms with E-state index in [4.69, 9.17) is 9.47 Å². The minimum Gasteiger partial charge on any atom is -0.497 e. The van der Waals surface area contributed by atoms with Crippen LogP contribution in [-0.4, -0.2) is 29.9 Å². The van der Waals surface area contributed by atoms with Gasteiger partial charge in [-0.15, -0.1) is 0 Å². The van der Waals surface area contributed by atoms with Crippen molar-refractivity contribution in [3.8, 4) is 11.5 Å². The van der Waals surface area contributed by atoms with E-state index in [1.54, 1.807) is 32.8 Å². The number of methoxy groups -OCH3 is 2. The maximum absolute atomic E-state index is 5.22. The van der Waals surface area contributed by atoms with Crippen LogP contribution in [0.3, 0.4) is 0 Å². The fourth-order valence-corrected chi connectivity index (χ4v) is 2.26. The molecule has 1 heterocycles. The largest absolute Gasteiger partial charge is 0.497 e. The van der Waals surface area contributed by atoms with Crippen LogP contribution in [0.25, 0.3) is 0 Å². The standard InChI is InChI=1S/C19H17N3O2/c1-23-16-7-3-14(4-8-16)19(22-18-13-20-11-12-21-18)15-5-9-17(24-2)10-6-15/h3-13H,1-2H3. The summed E-state index contributed by atoms with van der Waals surface area (Å²) in [5.74, 6) is 2.15. The quantitative estimate of drug-likeness (QED) is 0.673. The molecule has 0 aliphatic carbocycles. The number of ether oxygens (including phenoxy) is 2. The Hall–Kier alpha value is -3.21. The number of aromatic nitrogens is 2. The van der Waals surface area contributed by atoms with Crippen molar-refractivity contribution in [3.63, 3.8) is 0 Å². The van der Waals surface area contributed by atoms with Crippen LogP contribution in [0.2, 0.25) is 0 Å². The van der Waals surface area contributed by atoms with Crippen LogP contribution in [0.5, 0.6) is 11.5 Å². The van der Waals surface area contributed by atoms with E-state index >= 15 is 0 Å². The van der Waals surface area contributed by atoms with Crippen LogP contribution in [0.1, 0.15) is 11.1 Å². The van der Waals surface area contributed by atoms with Gasteiger partial charge >= 0.3 is 0 Å². The van der Waals surface area contributed by atoms with E-state index < -0.39 is 0 Å². The summed E-state index contributed by atoms with van der Waals surface area (Å²) < 4.78 is 10.4. The summed E-state index contributed by atoms with van der Waals surface area (Å²) in [6.45, 7) is 0. The van der Waals surface area contributed by atoms with Crippen LogP contribution < -0.4 is 9.47 Å². The van der Waals surface area contributed by atoms with Gasteiger partial charge in [0, 0.05) is 23.5 Å². The van der Waals surface area contributed by atoms with E-state index in [-0.39, 0.29) is 0 Å². The molecule has 0 amide bonds. The summed E-state index contributed by atoms with van der Waals surface area (Å²) in [5.41, 5.74) is 2.74. The second-order valence-corrected chi connectivity index (χ2v) is 4.98. The summed E-state index contributed by atoms with van der Waals surface area (Å²) in [4.78, 5) is 13.0. The summed E-state index contributed by atoms with van der Waals surface area (Å²) in [6.07, 6.45) is 4.88. The van der Waals surface area contributed by atoms with Gasteiger partial charge in [-0.2, -0.15) is 0 Å². The van der Waals surface area contributed by atoms with Gasteiger partial charge in [-0.05, 0) is 48.5 Å². The number of hydrogen-bond acceptors (Lipinski definition) is 5. The molecular formula is C19H17N3O2. The van der Waals surface area contributed by atoms with Gasteiger partial charge < -0.3 is 9.47 Å². The third-order valence-corrected chi connectivity index (χ3v) is 3.50. The summed E-state index contributed by atoms with van der Waals surface area (Å²) >= 11 is 0. The highest BCUT2D eigenvalue weighted by atomic mass is 16.5. The summed E-state index contributed by atoms with van der Waals surface area (Å²) in [5, 5.41) is 0. The van der Waals surface area contributed by atoms with Gasteiger partial charge in [-0.3, -0.25) is 4.98 Å². The lowest BCUT2D eigenvalue weighted by Crippen LogP contribution is -2.03. The minimum absolute atomic E-state index is 0.555. The predicted octanol–water partition coefficient (Wildman–Crippen LogP) is 3.66. The van der Waals surface area contributed by atoms with Crippen molar-refractivity contribution in [1.29, 1.82) is 0 Å². The third-order valence-electron chi connectivity index (χ3n) is 3.50. The van der Waals surface area contributed by atoms with E-state index in [1.807, 2.05) is 48.5 Å². The lowest BCUT2D eigenvalue weighted by atomic mass is 10.0. The molecule has 5 nitrogen and oxygen atoms in total. The first-order valence-electron chi connectivity index (χ1n) is 7.43. The predicted molar refractivity (Wildman–Crippen MR) is 93.3 cm³/mol. The molecule has 0 radical (unpaired) electrons. The number of nitrogens with zero attached hydrogens (tertiary/aromatic N) is 3. The summed E-state index contributed by atoms with van der Waals surface area (Å²) in [6, 6.07) is 15.5. The molecule has 24 heavy (non-hydrogen) atoms. The Bertz CT molecular complexity index is 764. The Morgan fingerprint density at radius 2 is 1.33 bits per heavy atom. The van der Waals surface area contributed by atoms with Gasteiger partial charge in [-0.1, -0.05) is 0 Å². The van der Waals surface area contributed by atoms with Crippen molar-refractivity contribution in [2.75, 3.05) is 14.2 Å². The molecule has 0 N–H and O–H groups in total. The van der Waals surface area contributed by atoms with Crippen molar-refractivity contribution in [1.82, 2.24) is 9.97 Å². The van der Waals surface area contributed by atoms with Gasteiger partial charge in [0.15, 0.2) is 5.82 Å². The SMILES string of the molecule is COc1ccc(C(=Nc2cnccn2)c2ccc(OC)cc2)cc1. The van der Waals surface area contributed by atoms with Gasteiger partial charge in [0.05, 0.1) is 26.1 Å². The molecule has 120 valence electrons. The first-order valence-corrected chi connectivity index (χ1v) is 7.43. The monoisotopic (exact) mass is 319 g/mol. The molecule has 0 fully saturated rings. The molecule has 0 spiro atoms. The normalized spacial score (nSPS) is 10.1. The highest BCUT2D eigenvalue weighted by Gasteiger charge is 2.09. The first-order chi connectivity index (χ1) is 11.8. The van der Waals surface area contributed by atoms with Crippen molar-refractivity contribution in [2.45, 2.75) is 0 Å². The Morgan fingerprint density at radius 3 is 1.75 bits per heavy atom. The Morgan fingerprint density at radius 1 is 0.792 bits per heavy atom. The molecule has 3 rings (SSSR count). The maximum atomic E-state index is 5.22. The average molecular weight is 319 g/mol. The zero-order valence-electron chi connectivity index (χ0n) is 13.5. The van der Waals surface area contributed by atoms with E-state index in [1.165, 1.54) is 0 Å². The molecular weight excluding hydrogens is 302 g/mol. The molecule has 0 saturated heterocycles. The summed E-state index contributed by atoms with van der Waals surface area (Å²) in [7, 11) is 3.29. The third kappa shape index (κ3) is 3.57. The Balaban J connectivity index is 2.07. The molecule has 0 aliphatic heterocycles. The molecule has 1 aromatic heterocycles. The number of benzene rings is 2. The molecule has 0 bridgehead atoms. The van der Waals surface area contributed by atoms with Crippen molar-refractivity contribution in [2.24, 2.45) is 4.99 Å². The fourth-order valence-electron chi connectivity index (χ4n) is 2.26. The van der Waals surface area contributed by atoms with Crippen LogP contribution >= 0.6 is 0 Å². The zero-order valence-corrected chi connectivity index (χ0v) is 13.5. The second-order valence-electron chi connectivity index (χ2n) is 4.98. The van der Waals surface area contributed by atoms with Crippen LogP contribution in [0, 0.1) is 0 Å². The zero-order chi connectivity index (χ0) is 16.8. The Labute approximate surface area is 140 Å². The van der Waals surface area contributed by atoms with Gasteiger partial charge in [-0.25, -0.2) is 9.98 Å². The lowest BCUT2D eigenvalue weighted by Gasteiger charge is -2.09. The van der Waals surface area contributed by atoms with Crippen LogP contribution in [0.4, 0.5) is 5.82 Å².